The van der Waals surface area contributed by atoms with E-state index < -0.39 is 0 Å². The van der Waals surface area contributed by atoms with Gasteiger partial charge in [0.15, 0.2) is 0 Å². The third-order valence-electron chi connectivity index (χ3n) is 5.25. The summed E-state index contributed by atoms with van der Waals surface area (Å²) in [4.78, 5) is 12.0. The van der Waals surface area contributed by atoms with Gasteiger partial charge < -0.3 is 14.9 Å². The van der Waals surface area contributed by atoms with Crippen LogP contribution < -0.4 is 16.1 Å². The first kappa shape index (κ1) is 17.3. The Hall–Kier alpha value is -1.52. The molecule has 2 N–H and O–H groups in total. The molecule has 1 aromatic heterocycles. The van der Waals surface area contributed by atoms with E-state index in [-0.39, 0.29) is 18.0 Å². The Morgan fingerprint density at radius 3 is 2.83 bits per heavy atom. The van der Waals surface area contributed by atoms with Crippen LogP contribution in [0.15, 0.2) is 27.4 Å². The van der Waals surface area contributed by atoms with E-state index in [2.05, 4.69) is 0 Å². The summed E-state index contributed by atoms with van der Waals surface area (Å²) < 4.78 is 11.5. The van der Waals surface area contributed by atoms with E-state index in [1.165, 1.54) is 12.8 Å². The fourth-order valence-corrected chi connectivity index (χ4v) is 4.05. The molecule has 1 heterocycles. The van der Waals surface area contributed by atoms with E-state index in [9.17, 15) is 4.79 Å². The minimum Gasteiger partial charge on any atom is -0.493 e. The minimum atomic E-state index is -0.171. The van der Waals surface area contributed by atoms with Crippen molar-refractivity contribution in [2.24, 2.45) is 11.7 Å². The van der Waals surface area contributed by atoms with Crippen molar-refractivity contribution < 1.29 is 9.15 Å². The van der Waals surface area contributed by atoms with E-state index in [4.69, 9.17) is 14.9 Å². The number of hydrogen-bond acceptors (Lipinski definition) is 4. The van der Waals surface area contributed by atoms with Gasteiger partial charge >= 0.3 is 5.63 Å². The van der Waals surface area contributed by atoms with E-state index in [1.807, 2.05) is 18.2 Å². The highest BCUT2D eigenvalue weighted by molar-refractivity contribution is 5.85. The Morgan fingerprint density at radius 1 is 1.17 bits per heavy atom. The van der Waals surface area contributed by atoms with Gasteiger partial charge in [-0.1, -0.05) is 6.42 Å². The van der Waals surface area contributed by atoms with Gasteiger partial charge in [0.05, 0.1) is 6.61 Å². The molecule has 0 saturated heterocycles. The maximum absolute atomic E-state index is 12.0. The van der Waals surface area contributed by atoms with Crippen LogP contribution in [0.2, 0.25) is 0 Å². The molecule has 0 radical (unpaired) electrons. The first-order valence-electron chi connectivity index (χ1n) is 8.67. The summed E-state index contributed by atoms with van der Waals surface area (Å²) in [7, 11) is 0. The number of aryl methyl sites for hydroxylation is 1. The second kappa shape index (κ2) is 7.16. The maximum Gasteiger partial charge on any atom is 0.339 e. The molecule has 0 unspecified atom stereocenters. The lowest BCUT2D eigenvalue weighted by molar-refractivity contribution is 0.198. The number of halogens is 1. The van der Waals surface area contributed by atoms with Crippen molar-refractivity contribution in [1.29, 1.82) is 0 Å². The van der Waals surface area contributed by atoms with E-state index in [0.29, 0.717) is 17.5 Å². The topological polar surface area (TPSA) is 65.5 Å². The van der Waals surface area contributed by atoms with Crippen molar-refractivity contribution in [1.82, 2.24) is 0 Å². The average Bonchev–Trinajstić information content (AvgIpc) is 3.04. The number of rotatable bonds is 3. The zero-order chi connectivity index (χ0) is 15.8. The van der Waals surface area contributed by atoms with Crippen molar-refractivity contribution >= 4 is 23.4 Å². The van der Waals surface area contributed by atoms with Crippen molar-refractivity contribution in [3.63, 3.8) is 0 Å². The van der Waals surface area contributed by atoms with Gasteiger partial charge in [-0.05, 0) is 68.2 Å². The van der Waals surface area contributed by atoms with Crippen LogP contribution in [0.3, 0.4) is 0 Å². The molecule has 2 aliphatic carbocycles. The predicted octanol–water partition coefficient (Wildman–Crippen LogP) is 3.60. The van der Waals surface area contributed by atoms with Crippen molar-refractivity contribution in [2.75, 3.05) is 6.61 Å². The van der Waals surface area contributed by atoms with Gasteiger partial charge in [-0.25, -0.2) is 4.79 Å². The van der Waals surface area contributed by atoms with Crippen LogP contribution in [-0.4, -0.2) is 12.6 Å². The molecule has 4 nitrogen and oxygen atoms in total. The molecular formula is C19H24ClNO3. The van der Waals surface area contributed by atoms with Crippen LogP contribution in [0.1, 0.15) is 43.2 Å². The zero-order valence-electron chi connectivity index (χ0n) is 13.8. The van der Waals surface area contributed by atoms with Gasteiger partial charge in [-0.15, -0.1) is 12.4 Å². The normalized spacial score (nSPS) is 22.9. The van der Waals surface area contributed by atoms with Gasteiger partial charge in [0.1, 0.15) is 11.3 Å². The van der Waals surface area contributed by atoms with Crippen molar-refractivity contribution in [3.8, 4) is 5.75 Å². The smallest absolute Gasteiger partial charge is 0.339 e. The largest absolute Gasteiger partial charge is 0.493 e. The molecule has 0 spiro atoms. The summed E-state index contributed by atoms with van der Waals surface area (Å²) in [6.45, 7) is 0.720. The van der Waals surface area contributed by atoms with E-state index in [1.54, 1.807) is 0 Å². The highest BCUT2D eigenvalue weighted by atomic mass is 35.5. The van der Waals surface area contributed by atoms with Crippen LogP contribution in [0.5, 0.6) is 5.75 Å². The van der Waals surface area contributed by atoms with Crippen LogP contribution in [0.25, 0.3) is 11.0 Å². The highest BCUT2D eigenvalue weighted by Crippen LogP contribution is 2.31. The molecule has 0 amide bonds. The molecule has 2 atom stereocenters. The van der Waals surface area contributed by atoms with Gasteiger partial charge in [0, 0.05) is 17.0 Å². The lowest BCUT2D eigenvalue weighted by atomic mass is 9.87. The Kier molecular flexibility index (Phi) is 5.16. The Bertz CT molecular complexity index is 786. The van der Waals surface area contributed by atoms with Crippen molar-refractivity contribution in [3.05, 3.63) is 39.7 Å². The van der Waals surface area contributed by atoms with Crippen molar-refractivity contribution in [2.45, 2.75) is 51.0 Å². The summed E-state index contributed by atoms with van der Waals surface area (Å²) in [6, 6.07) is 6.11. The SMILES string of the molecule is Cl.N[C@H]1CCC[C@H](COc2ccc3oc(=O)c4c(c3c2)CCC4)C1. The summed E-state index contributed by atoms with van der Waals surface area (Å²) in [5.41, 5.74) is 8.55. The molecule has 2 aromatic rings. The molecule has 0 aliphatic heterocycles. The summed E-state index contributed by atoms with van der Waals surface area (Å²) in [5, 5.41) is 1.04. The molecule has 1 fully saturated rings. The maximum atomic E-state index is 12.0. The second-order valence-electron chi connectivity index (χ2n) is 6.96. The predicted molar refractivity (Wildman–Crippen MR) is 97.2 cm³/mol. The second-order valence-corrected chi connectivity index (χ2v) is 6.96. The Morgan fingerprint density at radius 2 is 2.00 bits per heavy atom. The first-order chi connectivity index (χ1) is 11.2. The molecule has 2 aliphatic rings. The number of nitrogens with two attached hydrogens (primary N) is 1. The molecule has 5 heteroatoms. The summed E-state index contributed by atoms with van der Waals surface area (Å²) in [6.07, 6.45) is 7.41. The third kappa shape index (κ3) is 3.31. The molecule has 0 bridgehead atoms. The molecule has 4 rings (SSSR count). The highest BCUT2D eigenvalue weighted by Gasteiger charge is 2.21. The molecule has 130 valence electrons. The van der Waals surface area contributed by atoms with Crippen LogP contribution in [0, 0.1) is 5.92 Å². The standard InChI is InChI=1S/C19H23NO3.ClH/c20-13-4-1-3-12(9-13)11-22-14-7-8-18-17(10-14)15-5-2-6-16(15)19(21)23-18;/h7-8,10,12-13H,1-6,9,11,20H2;1H/t12-,13-;/m0./s1. The fraction of sp³-hybridized carbons (Fsp3) is 0.526. The Labute approximate surface area is 147 Å². The van der Waals surface area contributed by atoms with Gasteiger partial charge in [0.2, 0.25) is 0 Å². The number of ether oxygens (including phenoxy) is 1. The van der Waals surface area contributed by atoms with Gasteiger partial charge in [-0.3, -0.25) is 0 Å². The molecule has 1 saturated carbocycles. The lowest BCUT2D eigenvalue weighted by Crippen LogP contribution is -2.30. The summed E-state index contributed by atoms with van der Waals surface area (Å²) >= 11 is 0. The minimum absolute atomic E-state index is 0. The fourth-order valence-electron chi connectivity index (χ4n) is 4.05. The van der Waals surface area contributed by atoms with Crippen LogP contribution in [0.4, 0.5) is 0 Å². The lowest BCUT2D eigenvalue weighted by Gasteiger charge is -2.26. The Balaban J connectivity index is 0.00000169. The summed E-state index contributed by atoms with van der Waals surface area (Å²) in [5.74, 6) is 1.41. The number of hydrogen-bond donors (Lipinski definition) is 1. The molecule has 1 aromatic carbocycles. The monoisotopic (exact) mass is 349 g/mol. The number of benzene rings is 1. The zero-order valence-corrected chi connectivity index (χ0v) is 14.6. The first-order valence-corrected chi connectivity index (χ1v) is 8.67. The van der Waals surface area contributed by atoms with Gasteiger partial charge in [-0.2, -0.15) is 0 Å². The van der Waals surface area contributed by atoms with E-state index in [0.717, 1.165) is 61.0 Å². The average molecular weight is 350 g/mol. The van der Waals surface area contributed by atoms with Crippen LogP contribution in [-0.2, 0) is 12.8 Å². The van der Waals surface area contributed by atoms with E-state index >= 15 is 0 Å². The molecule has 24 heavy (non-hydrogen) atoms. The van der Waals surface area contributed by atoms with Gasteiger partial charge in [0.25, 0.3) is 0 Å². The quantitative estimate of drug-likeness (QED) is 0.860. The van der Waals surface area contributed by atoms with Crippen LogP contribution >= 0.6 is 12.4 Å². The molecular weight excluding hydrogens is 326 g/mol. The number of fused-ring (bicyclic) bond motifs is 3. The third-order valence-corrected chi connectivity index (χ3v) is 5.25.